The van der Waals surface area contributed by atoms with E-state index in [9.17, 15) is 0 Å². The van der Waals surface area contributed by atoms with Gasteiger partial charge >= 0.3 is 0 Å². The largest absolute Gasteiger partial charge is 0.396 e. The van der Waals surface area contributed by atoms with Crippen LogP contribution in [0.3, 0.4) is 0 Å². The monoisotopic (exact) mass is 200 g/mol. The third-order valence-electron chi connectivity index (χ3n) is 3.29. The van der Waals surface area contributed by atoms with Gasteiger partial charge in [-0.05, 0) is 38.6 Å². The zero-order valence-corrected chi connectivity index (χ0v) is 9.10. The van der Waals surface area contributed by atoms with Gasteiger partial charge in [0.25, 0.3) is 0 Å². The summed E-state index contributed by atoms with van der Waals surface area (Å²) in [6.45, 7) is 2.15. The Balaban J connectivity index is 2.08. The molecule has 1 fully saturated rings. The van der Waals surface area contributed by atoms with E-state index in [1.54, 1.807) is 0 Å². The predicted octanol–water partition coefficient (Wildman–Crippen LogP) is 1.01. The average Bonchev–Trinajstić information content (AvgIpc) is 2.67. The Bertz CT molecular complexity index is 144. The first-order chi connectivity index (χ1) is 6.83. The fraction of sp³-hybridized carbons (Fsp3) is 1.00. The van der Waals surface area contributed by atoms with Crippen LogP contribution in [0.2, 0.25) is 0 Å². The summed E-state index contributed by atoms with van der Waals surface area (Å²) in [5.74, 6) is 0. The molecule has 3 heteroatoms. The van der Waals surface area contributed by atoms with Crippen molar-refractivity contribution in [1.82, 2.24) is 5.32 Å². The maximum Gasteiger partial charge on any atom is 0.0431 e. The van der Waals surface area contributed by atoms with Crippen molar-refractivity contribution in [2.45, 2.75) is 50.5 Å². The van der Waals surface area contributed by atoms with Gasteiger partial charge in [0.05, 0.1) is 0 Å². The number of aliphatic hydroxyl groups excluding tert-OH is 1. The Labute approximate surface area is 87.1 Å². The zero-order valence-electron chi connectivity index (χ0n) is 9.10. The molecule has 84 valence electrons. The second-order valence-corrected chi connectivity index (χ2v) is 4.40. The highest BCUT2D eigenvalue weighted by Crippen LogP contribution is 2.28. The fourth-order valence-electron chi connectivity index (χ4n) is 2.27. The van der Waals surface area contributed by atoms with Gasteiger partial charge in [-0.3, -0.25) is 0 Å². The summed E-state index contributed by atoms with van der Waals surface area (Å²) in [4.78, 5) is 0. The van der Waals surface area contributed by atoms with E-state index in [0.29, 0.717) is 6.61 Å². The summed E-state index contributed by atoms with van der Waals surface area (Å²) in [5.41, 5.74) is 6.06. The van der Waals surface area contributed by atoms with Crippen LogP contribution in [-0.2, 0) is 0 Å². The first-order valence-corrected chi connectivity index (χ1v) is 5.89. The normalized spacial score (nSPS) is 20.1. The van der Waals surface area contributed by atoms with Crippen molar-refractivity contribution in [1.29, 1.82) is 0 Å². The molecule has 1 aliphatic carbocycles. The van der Waals surface area contributed by atoms with E-state index in [0.717, 1.165) is 32.4 Å². The molecule has 0 atom stereocenters. The number of unbranched alkanes of at least 4 members (excludes halogenated alkanes) is 2. The van der Waals surface area contributed by atoms with Gasteiger partial charge in [-0.25, -0.2) is 0 Å². The van der Waals surface area contributed by atoms with Crippen LogP contribution in [0.5, 0.6) is 0 Å². The van der Waals surface area contributed by atoms with Gasteiger partial charge in [0.15, 0.2) is 0 Å². The fourth-order valence-corrected chi connectivity index (χ4v) is 2.27. The van der Waals surface area contributed by atoms with Gasteiger partial charge in [-0.1, -0.05) is 12.8 Å². The summed E-state index contributed by atoms with van der Waals surface area (Å²) in [7, 11) is 0. The number of nitrogens with one attached hydrogen (secondary N) is 1. The van der Waals surface area contributed by atoms with E-state index < -0.39 is 0 Å². The van der Waals surface area contributed by atoms with Crippen LogP contribution in [0.4, 0.5) is 0 Å². The van der Waals surface area contributed by atoms with Crippen LogP contribution in [0.15, 0.2) is 0 Å². The molecule has 0 heterocycles. The lowest BCUT2D eigenvalue weighted by Crippen LogP contribution is -2.49. The van der Waals surface area contributed by atoms with E-state index >= 15 is 0 Å². The van der Waals surface area contributed by atoms with E-state index in [4.69, 9.17) is 10.8 Å². The van der Waals surface area contributed by atoms with E-state index in [1.807, 2.05) is 0 Å². The molecule has 0 saturated heterocycles. The quantitative estimate of drug-likeness (QED) is 0.538. The number of hydrogen-bond donors (Lipinski definition) is 3. The Morgan fingerprint density at radius 2 is 1.86 bits per heavy atom. The van der Waals surface area contributed by atoms with Crippen LogP contribution in [-0.4, -0.2) is 30.3 Å². The highest BCUT2D eigenvalue weighted by atomic mass is 16.2. The summed E-state index contributed by atoms with van der Waals surface area (Å²) in [6, 6.07) is 0. The summed E-state index contributed by atoms with van der Waals surface area (Å²) >= 11 is 0. The number of hydrogen-bond acceptors (Lipinski definition) is 3. The van der Waals surface area contributed by atoms with Crippen molar-refractivity contribution < 1.29 is 5.11 Å². The van der Waals surface area contributed by atoms with Gasteiger partial charge in [0.1, 0.15) is 0 Å². The summed E-state index contributed by atoms with van der Waals surface area (Å²) < 4.78 is 0. The molecular formula is C11H24N2O. The Morgan fingerprint density at radius 3 is 2.43 bits per heavy atom. The van der Waals surface area contributed by atoms with Crippen LogP contribution in [0.1, 0.15) is 44.9 Å². The molecule has 4 N–H and O–H groups in total. The van der Waals surface area contributed by atoms with Gasteiger partial charge in [-0.2, -0.15) is 0 Å². The van der Waals surface area contributed by atoms with Crippen molar-refractivity contribution in [3.63, 3.8) is 0 Å². The molecule has 0 aromatic rings. The minimum Gasteiger partial charge on any atom is -0.396 e. The smallest absolute Gasteiger partial charge is 0.0431 e. The lowest BCUT2D eigenvalue weighted by atomic mass is 9.97. The Hall–Kier alpha value is -0.120. The molecule has 0 aliphatic heterocycles. The molecule has 0 bridgehead atoms. The molecule has 0 aromatic heterocycles. The summed E-state index contributed by atoms with van der Waals surface area (Å²) in [5, 5.41) is 12.2. The van der Waals surface area contributed by atoms with Crippen LogP contribution in [0, 0.1) is 0 Å². The van der Waals surface area contributed by atoms with Crippen molar-refractivity contribution in [2.75, 3.05) is 19.7 Å². The third kappa shape index (κ3) is 3.56. The minimum absolute atomic E-state index is 0.249. The molecule has 1 saturated carbocycles. The second-order valence-electron chi connectivity index (χ2n) is 4.40. The van der Waals surface area contributed by atoms with Crippen LogP contribution >= 0.6 is 0 Å². The minimum atomic E-state index is 0.249. The van der Waals surface area contributed by atoms with Crippen molar-refractivity contribution in [3.8, 4) is 0 Å². The number of aliphatic hydroxyl groups is 1. The van der Waals surface area contributed by atoms with Gasteiger partial charge < -0.3 is 16.2 Å². The SMILES string of the molecule is NCC1(NCCCCCO)CCCC1. The zero-order chi connectivity index (χ0) is 10.3. The van der Waals surface area contributed by atoms with Gasteiger partial charge in [0, 0.05) is 18.7 Å². The maximum absolute atomic E-state index is 8.63. The standard InChI is InChI=1S/C11H24N2O/c12-10-11(6-2-3-7-11)13-8-4-1-5-9-14/h13-14H,1-10,12H2. The Morgan fingerprint density at radius 1 is 1.14 bits per heavy atom. The second kappa shape index (κ2) is 6.38. The first-order valence-electron chi connectivity index (χ1n) is 5.89. The molecule has 0 aromatic carbocycles. The van der Waals surface area contributed by atoms with Crippen molar-refractivity contribution >= 4 is 0 Å². The molecule has 0 spiro atoms. The number of nitrogens with two attached hydrogens (primary N) is 1. The lowest BCUT2D eigenvalue weighted by molar-refractivity contribution is 0.279. The van der Waals surface area contributed by atoms with Crippen LogP contribution < -0.4 is 11.1 Å². The molecule has 0 unspecified atom stereocenters. The van der Waals surface area contributed by atoms with E-state index in [2.05, 4.69) is 5.32 Å². The van der Waals surface area contributed by atoms with Gasteiger partial charge in [-0.15, -0.1) is 0 Å². The lowest BCUT2D eigenvalue weighted by Gasteiger charge is -2.28. The van der Waals surface area contributed by atoms with Gasteiger partial charge in [0.2, 0.25) is 0 Å². The highest BCUT2D eigenvalue weighted by Gasteiger charge is 2.31. The molecule has 14 heavy (non-hydrogen) atoms. The van der Waals surface area contributed by atoms with Crippen LogP contribution in [0.25, 0.3) is 0 Å². The highest BCUT2D eigenvalue weighted by molar-refractivity contribution is 4.93. The van der Waals surface area contributed by atoms with Crippen molar-refractivity contribution in [3.05, 3.63) is 0 Å². The molecule has 0 radical (unpaired) electrons. The van der Waals surface area contributed by atoms with E-state index in [1.165, 1.54) is 25.7 Å². The molecule has 1 aliphatic rings. The maximum atomic E-state index is 8.63. The molecule has 1 rings (SSSR count). The first kappa shape index (κ1) is 12.0. The molecule has 3 nitrogen and oxygen atoms in total. The van der Waals surface area contributed by atoms with E-state index in [-0.39, 0.29) is 5.54 Å². The molecule has 0 amide bonds. The Kier molecular flexibility index (Phi) is 5.45. The molecular weight excluding hydrogens is 176 g/mol. The summed E-state index contributed by atoms with van der Waals surface area (Å²) in [6.07, 6.45) is 8.32. The topological polar surface area (TPSA) is 58.3 Å². The predicted molar refractivity (Wildman–Crippen MR) is 59.2 cm³/mol. The van der Waals surface area contributed by atoms with Crippen molar-refractivity contribution in [2.24, 2.45) is 5.73 Å². The third-order valence-corrected chi connectivity index (χ3v) is 3.29. The average molecular weight is 200 g/mol. The number of rotatable bonds is 7.